The van der Waals surface area contributed by atoms with Gasteiger partial charge in [0.25, 0.3) is 5.91 Å². The van der Waals surface area contributed by atoms with Gasteiger partial charge < -0.3 is 24.4 Å². The lowest BCUT2D eigenvalue weighted by Gasteiger charge is -2.32. The minimum absolute atomic E-state index is 0.205. The second kappa shape index (κ2) is 15.6. The lowest BCUT2D eigenvalue weighted by Crippen LogP contribution is -2.53. The number of carbonyl (C=O) groups excluding carboxylic acids is 3. The average molecular weight is 722 g/mol. The summed E-state index contributed by atoms with van der Waals surface area (Å²) in [7, 11) is 0. The van der Waals surface area contributed by atoms with E-state index in [1.165, 1.54) is 16.5 Å². The smallest absolute Gasteiger partial charge is 0.251 e. The molecule has 5 aromatic carbocycles. The third-order valence-corrected chi connectivity index (χ3v) is 10.8. The number of phenolic OH excluding ortho intramolecular Hbond substituents is 1. The third kappa shape index (κ3) is 7.72. The molecule has 0 aromatic heterocycles. The van der Waals surface area contributed by atoms with Crippen molar-refractivity contribution in [1.82, 2.24) is 15.1 Å². The number of rotatable bonds is 11. The highest BCUT2D eigenvalue weighted by Crippen LogP contribution is 2.40. The Bertz CT molecular complexity index is 2210. The number of carbonyl (C=O) groups is 3. The van der Waals surface area contributed by atoms with Gasteiger partial charge in [0.1, 0.15) is 29.0 Å². The van der Waals surface area contributed by atoms with E-state index in [1.807, 2.05) is 42.5 Å². The fourth-order valence-corrected chi connectivity index (χ4v) is 7.97. The lowest BCUT2D eigenvalue weighted by molar-refractivity contribution is -0.142. The van der Waals surface area contributed by atoms with Crippen LogP contribution >= 0.6 is 0 Å². The van der Waals surface area contributed by atoms with Crippen LogP contribution in [0.5, 0.6) is 17.2 Å². The highest BCUT2D eigenvalue weighted by atomic mass is 16.5. The zero-order valence-electron chi connectivity index (χ0n) is 30.1. The Hall–Kier alpha value is -5.93. The molecule has 0 bridgehead atoms. The van der Waals surface area contributed by atoms with E-state index in [9.17, 15) is 19.5 Å². The highest BCUT2D eigenvalue weighted by molar-refractivity contribution is 6.05. The first-order valence-corrected chi connectivity index (χ1v) is 18.8. The summed E-state index contributed by atoms with van der Waals surface area (Å²) in [4.78, 5) is 40.5. The zero-order chi connectivity index (χ0) is 37.0. The Balaban J connectivity index is 0.814. The highest BCUT2D eigenvalue weighted by Gasteiger charge is 2.37. The second-order valence-corrected chi connectivity index (χ2v) is 14.3. The zero-order valence-corrected chi connectivity index (χ0v) is 30.1. The number of likely N-dealkylation sites (tertiary alicyclic amines) is 1. The molecule has 274 valence electrons. The average Bonchev–Trinajstić information content (AvgIpc) is 3.55. The van der Waals surface area contributed by atoms with Crippen LogP contribution in [0.3, 0.4) is 0 Å². The van der Waals surface area contributed by atoms with E-state index in [0.717, 1.165) is 77.7 Å². The Morgan fingerprint density at radius 1 is 0.778 bits per heavy atom. The first-order chi connectivity index (χ1) is 26.4. The van der Waals surface area contributed by atoms with Crippen molar-refractivity contribution in [3.8, 4) is 39.5 Å². The fourth-order valence-electron chi connectivity index (χ4n) is 7.97. The molecule has 3 aliphatic heterocycles. The van der Waals surface area contributed by atoms with Crippen LogP contribution in [0.1, 0.15) is 43.6 Å². The van der Waals surface area contributed by atoms with Gasteiger partial charge in [0.05, 0.1) is 13.2 Å². The summed E-state index contributed by atoms with van der Waals surface area (Å²) in [5, 5.41) is 14.5. The quantitative estimate of drug-likeness (QED) is 0.108. The van der Waals surface area contributed by atoms with Crippen molar-refractivity contribution in [2.45, 2.75) is 44.1 Å². The number of fused-ring (bicyclic) bond motifs is 1. The van der Waals surface area contributed by atoms with Gasteiger partial charge in [-0.25, -0.2) is 0 Å². The van der Waals surface area contributed by atoms with Crippen LogP contribution < -0.4 is 14.8 Å². The van der Waals surface area contributed by atoms with Crippen molar-refractivity contribution in [1.29, 1.82) is 0 Å². The summed E-state index contributed by atoms with van der Waals surface area (Å²) in [5.41, 5.74) is 5.75. The number of nitrogens with one attached hydrogen (secondary N) is 1. The maximum absolute atomic E-state index is 12.7. The third-order valence-electron chi connectivity index (χ3n) is 10.8. The topological polar surface area (TPSA) is 108 Å². The Labute approximate surface area is 314 Å². The molecule has 2 N–H and O–H groups in total. The predicted molar refractivity (Wildman–Crippen MR) is 208 cm³/mol. The van der Waals surface area contributed by atoms with Gasteiger partial charge in [-0.3, -0.25) is 19.7 Å². The van der Waals surface area contributed by atoms with Crippen molar-refractivity contribution in [3.05, 3.63) is 127 Å². The van der Waals surface area contributed by atoms with E-state index in [2.05, 4.69) is 70.9 Å². The Morgan fingerprint density at radius 2 is 1.59 bits per heavy atom. The number of imide groups is 1. The van der Waals surface area contributed by atoms with E-state index in [0.29, 0.717) is 30.5 Å². The lowest BCUT2D eigenvalue weighted by atomic mass is 9.89. The Kier molecular flexibility index (Phi) is 10.1. The standard InChI is InChI=1S/C45H43N3O6/c49-35-13-17-40-34(26-35)12-16-39(31-6-2-1-3-7-31)44(40)32-10-14-36(15-11-32)53-25-5-22-47-23-20-30(21-24-47)33-8-4-9-37(27-33)54-38-28-43(51)48(29-38)41-18-19-42(50)46-45(41)52/h1-4,6-17,26-28,30,41,49H,5,18-25,29H2,(H,46,50,52). The second-order valence-electron chi connectivity index (χ2n) is 14.3. The van der Waals surface area contributed by atoms with Crippen molar-refractivity contribution < 1.29 is 29.0 Å². The van der Waals surface area contributed by atoms with Crippen molar-refractivity contribution in [2.75, 3.05) is 32.8 Å². The van der Waals surface area contributed by atoms with Gasteiger partial charge in [-0.1, -0.05) is 72.8 Å². The molecule has 0 radical (unpaired) electrons. The van der Waals surface area contributed by atoms with E-state index in [1.54, 1.807) is 6.07 Å². The minimum Gasteiger partial charge on any atom is -0.508 e. The molecule has 0 spiro atoms. The summed E-state index contributed by atoms with van der Waals surface area (Å²) in [6.45, 7) is 3.84. The van der Waals surface area contributed by atoms with Crippen LogP contribution in [0.15, 0.2) is 121 Å². The van der Waals surface area contributed by atoms with E-state index < -0.39 is 11.9 Å². The Morgan fingerprint density at radius 3 is 2.39 bits per heavy atom. The maximum atomic E-state index is 12.7. The molecule has 9 nitrogen and oxygen atoms in total. The molecular formula is C45H43N3O6. The SMILES string of the molecule is O=C1CCC(N2CC(Oc3cccc(C4CCN(CCCOc5ccc(-c6c(-c7ccccc7)ccc7cc(O)ccc67)cc5)CC4)c3)=CC2=O)C(=O)N1. The molecule has 2 fully saturated rings. The number of aromatic hydroxyl groups is 1. The summed E-state index contributed by atoms with van der Waals surface area (Å²) < 4.78 is 12.3. The number of benzene rings is 5. The normalized spacial score (nSPS) is 18.1. The van der Waals surface area contributed by atoms with Gasteiger partial charge in [-0.2, -0.15) is 0 Å². The van der Waals surface area contributed by atoms with Gasteiger partial charge in [-0.05, 0) is 120 Å². The summed E-state index contributed by atoms with van der Waals surface area (Å²) in [6.07, 6.45) is 5.02. The van der Waals surface area contributed by atoms with E-state index in [4.69, 9.17) is 9.47 Å². The van der Waals surface area contributed by atoms with Gasteiger partial charge in [0, 0.05) is 19.0 Å². The molecule has 2 saturated heterocycles. The van der Waals surface area contributed by atoms with Gasteiger partial charge in [-0.15, -0.1) is 0 Å². The van der Waals surface area contributed by atoms with E-state index >= 15 is 0 Å². The van der Waals surface area contributed by atoms with Gasteiger partial charge in [0.2, 0.25) is 11.8 Å². The molecule has 0 aliphatic carbocycles. The van der Waals surface area contributed by atoms with Crippen molar-refractivity contribution in [3.63, 3.8) is 0 Å². The van der Waals surface area contributed by atoms with Crippen LogP contribution in [-0.4, -0.2) is 71.5 Å². The predicted octanol–water partition coefficient (Wildman–Crippen LogP) is 7.44. The first-order valence-electron chi connectivity index (χ1n) is 18.8. The molecule has 8 rings (SSSR count). The molecule has 5 aromatic rings. The number of ether oxygens (including phenoxy) is 2. The number of phenols is 1. The minimum atomic E-state index is -0.657. The number of nitrogens with zero attached hydrogens (tertiary/aromatic N) is 2. The number of hydrogen-bond acceptors (Lipinski definition) is 7. The summed E-state index contributed by atoms with van der Waals surface area (Å²) in [5.74, 6) is 1.70. The van der Waals surface area contributed by atoms with Gasteiger partial charge >= 0.3 is 0 Å². The molecular weight excluding hydrogens is 679 g/mol. The molecule has 3 amide bonds. The molecule has 3 heterocycles. The summed E-state index contributed by atoms with van der Waals surface area (Å²) >= 11 is 0. The van der Waals surface area contributed by atoms with Crippen LogP contribution in [0.25, 0.3) is 33.0 Å². The van der Waals surface area contributed by atoms with Crippen LogP contribution in [0.2, 0.25) is 0 Å². The number of piperidine rings is 2. The first kappa shape index (κ1) is 35.1. The molecule has 54 heavy (non-hydrogen) atoms. The molecule has 1 atom stereocenters. The molecule has 1 unspecified atom stereocenters. The molecule has 9 heteroatoms. The van der Waals surface area contributed by atoms with Crippen LogP contribution in [-0.2, 0) is 14.4 Å². The molecule has 0 saturated carbocycles. The maximum Gasteiger partial charge on any atom is 0.251 e. The monoisotopic (exact) mass is 721 g/mol. The number of hydrogen-bond donors (Lipinski definition) is 2. The van der Waals surface area contributed by atoms with Crippen LogP contribution in [0, 0.1) is 0 Å². The summed E-state index contributed by atoms with van der Waals surface area (Å²) in [6, 6.07) is 35.9. The van der Waals surface area contributed by atoms with Gasteiger partial charge in [0.15, 0.2) is 0 Å². The largest absolute Gasteiger partial charge is 0.508 e. The van der Waals surface area contributed by atoms with Crippen LogP contribution in [0.4, 0.5) is 0 Å². The van der Waals surface area contributed by atoms with Crippen molar-refractivity contribution in [2.24, 2.45) is 0 Å². The fraction of sp³-hybridized carbons (Fsp3) is 0.267. The van der Waals surface area contributed by atoms with Crippen molar-refractivity contribution >= 4 is 28.5 Å². The molecule has 3 aliphatic rings. The van der Waals surface area contributed by atoms with E-state index in [-0.39, 0.29) is 30.5 Å². The number of amides is 3.